The fraction of sp³-hybridized carbons (Fsp3) is 0.0741. The van der Waals surface area contributed by atoms with Gasteiger partial charge >= 0.3 is 0 Å². The second-order valence-corrected chi connectivity index (χ2v) is 8.11. The van der Waals surface area contributed by atoms with Crippen molar-refractivity contribution in [3.63, 3.8) is 0 Å². The van der Waals surface area contributed by atoms with Crippen LogP contribution in [0.5, 0.6) is 5.75 Å². The number of nitrogens with zero attached hydrogens (tertiary/aromatic N) is 4. The highest BCUT2D eigenvalue weighted by molar-refractivity contribution is 6.05. The van der Waals surface area contributed by atoms with E-state index in [1.54, 1.807) is 13.3 Å². The molecule has 0 aliphatic rings. The summed E-state index contributed by atoms with van der Waals surface area (Å²) in [5, 5.41) is 6.37. The van der Waals surface area contributed by atoms with Crippen LogP contribution in [0.15, 0.2) is 95.2 Å². The topological polar surface area (TPSA) is 77.2 Å². The molecule has 3 aromatic heterocycles. The molecule has 0 aliphatic carbocycles. The van der Waals surface area contributed by atoms with E-state index in [4.69, 9.17) is 4.74 Å². The Morgan fingerprint density at radius 1 is 1.03 bits per heavy atom. The van der Waals surface area contributed by atoms with Gasteiger partial charge in [0.25, 0.3) is 5.56 Å². The van der Waals surface area contributed by atoms with Crippen LogP contribution in [0.2, 0.25) is 0 Å². The smallest absolute Gasteiger partial charge is 0.298 e. The molecule has 7 heteroatoms. The molecule has 7 nitrogen and oxygen atoms in total. The number of rotatable bonds is 5. The molecule has 0 aliphatic heterocycles. The predicted octanol–water partition coefficient (Wildman–Crippen LogP) is 4.77. The molecule has 0 spiro atoms. The van der Waals surface area contributed by atoms with Crippen LogP contribution >= 0.6 is 0 Å². The number of methoxy groups -OCH3 is 1. The van der Waals surface area contributed by atoms with Crippen molar-refractivity contribution in [1.29, 1.82) is 0 Å². The van der Waals surface area contributed by atoms with E-state index in [0.29, 0.717) is 16.8 Å². The van der Waals surface area contributed by atoms with Crippen molar-refractivity contribution in [3.05, 3.63) is 107 Å². The number of aromatic nitrogens is 4. The van der Waals surface area contributed by atoms with Crippen molar-refractivity contribution in [2.45, 2.75) is 6.54 Å². The fourth-order valence-corrected chi connectivity index (χ4v) is 4.35. The van der Waals surface area contributed by atoms with Crippen LogP contribution in [-0.4, -0.2) is 32.5 Å². The summed E-state index contributed by atoms with van der Waals surface area (Å²) < 4.78 is 8.76. The molecule has 3 heterocycles. The second kappa shape index (κ2) is 8.04. The van der Waals surface area contributed by atoms with Crippen LogP contribution in [-0.2, 0) is 6.54 Å². The van der Waals surface area contributed by atoms with E-state index in [1.807, 2.05) is 48.5 Å². The first-order valence-corrected chi connectivity index (χ1v) is 10.9. The van der Waals surface area contributed by atoms with E-state index in [1.165, 1.54) is 16.6 Å². The molecule has 0 atom stereocenters. The van der Waals surface area contributed by atoms with Crippen LogP contribution in [0.4, 0.5) is 0 Å². The number of fused-ring (bicyclic) bond motifs is 4. The van der Waals surface area contributed by atoms with Crippen LogP contribution < -0.4 is 10.3 Å². The Balaban J connectivity index is 1.41. The van der Waals surface area contributed by atoms with Gasteiger partial charge < -0.3 is 14.3 Å². The molecule has 34 heavy (non-hydrogen) atoms. The minimum atomic E-state index is -0.260. The van der Waals surface area contributed by atoms with Gasteiger partial charge in [-0.25, -0.2) is 4.98 Å². The van der Waals surface area contributed by atoms with Gasteiger partial charge in [0.05, 0.1) is 13.3 Å². The second-order valence-electron chi connectivity index (χ2n) is 8.11. The predicted molar refractivity (Wildman–Crippen MR) is 135 cm³/mol. The lowest BCUT2D eigenvalue weighted by atomic mass is 10.2. The van der Waals surface area contributed by atoms with Gasteiger partial charge in [-0.2, -0.15) is 9.78 Å². The summed E-state index contributed by atoms with van der Waals surface area (Å²) in [6.07, 6.45) is 5.23. The third-order valence-corrected chi connectivity index (χ3v) is 6.03. The number of hydrogen-bond acceptors (Lipinski definition) is 4. The van der Waals surface area contributed by atoms with Gasteiger partial charge in [0, 0.05) is 40.1 Å². The maximum absolute atomic E-state index is 13.1. The lowest BCUT2D eigenvalue weighted by molar-refractivity contribution is 0.415. The number of H-pyrrole nitrogens is 1. The first-order valence-electron chi connectivity index (χ1n) is 10.9. The van der Waals surface area contributed by atoms with Crippen LogP contribution in [0.1, 0.15) is 11.1 Å². The third-order valence-electron chi connectivity index (χ3n) is 6.03. The van der Waals surface area contributed by atoms with Gasteiger partial charge in [0.15, 0.2) is 0 Å². The Kier molecular flexibility index (Phi) is 4.73. The summed E-state index contributed by atoms with van der Waals surface area (Å²) in [6, 6.07) is 24.1. The Labute approximate surface area is 194 Å². The molecule has 166 valence electrons. The summed E-state index contributed by atoms with van der Waals surface area (Å²) in [7, 11) is 1.61. The standard InChI is InChI=1S/C27H21N5O2/c1-34-20-11-12-23-22(13-20)25-26(30-23)27(33)32(17-28-25)29-14-19-16-31(15-18-7-3-2-4-8-18)24-10-6-5-9-21(19)24/h2-14,16-17,30H,15H2,1H3/b29-14+. The minimum absolute atomic E-state index is 0.260. The highest BCUT2D eigenvalue weighted by Gasteiger charge is 2.12. The monoisotopic (exact) mass is 447 g/mol. The molecular weight excluding hydrogens is 426 g/mol. The molecule has 3 aromatic carbocycles. The van der Waals surface area contributed by atoms with Gasteiger partial charge in [-0.15, -0.1) is 0 Å². The molecule has 0 radical (unpaired) electrons. The van der Waals surface area contributed by atoms with Crippen molar-refractivity contribution in [2.24, 2.45) is 5.10 Å². The highest BCUT2D eigenvalue weighted by atomic mass is 16.5. The first-order chi connectivity index (χ1) is 16.7. The Morgan fingerprint density at radius 2 is 1.85 bits per heavy atom. The van der Waals surface area contributed by atoms with Crippen LogP contribution in [0.3, 0.4) is 0 Å². The highest BCUT2D eigenvalue weighted by Crippen LogP contribution is 2.26. The van der Waals surface area contributed by atoms with Crippen LogP contribution in [0.25, 0.3) is 32.8 Å². The van der Waals surface area contributed by atoms with Crippen molar-refractivity contribution < 1.29 is 4.74 Å². The van der Waals surface area contributed by atoms with E-state index in [-0.39, 0.29) is 5.56 Å². The SMILES string of the molecule is COc1ccc2[nH]c3c(=O)n(/N=C/c4cn(Cc5ccccc5)c5ccccc45)cnc3c2c1. The first kappa shape index (κ1) is 20.0. The molecule has 1 N–H and O–H groups in total. The van der Waals surface area contributed by atoms with Crippen molar-refractivity contribution in [3.8, 4) is 5.75 Å². The van der Waals surface area contributed by atoms with Crippen LogP contribution in [0, 0.1) is 0 Å². The Bertz CT molecular complexity index is 1740. The van der Waals surface area contributed by atoms with Gasteiger partial charge in [0.2, 0.25) is 0 Å². The van der Waals surface area contributed by atoms with E-state index >= 15 is 0 Å². The Morgan fingerprint density at radius 3 is 2.71 bits per heavy atom. The quantitative estimate of drug-likeness (QED) is 0.387. The zero-order chi connectivity index (χ0) is 23.1. The maximum Gasteiger partial charge on any atom is 0.298 e. The Hall–Kier alpha value is -4.65. The largest absolute Gasteiger partial charge is 0.497 e. The summed E-state index contributed by atoms with van der Waals surface area (Å²) in [4.78, 5) is 20.8. The number of ether oxygens (including phenoxy) is 1. The third kappa shape index (κ3) is 3.34. The summed E-state index contributed by atoms with van der Waals surface area (Å²) in [6.45, 7) is 0.751. The number of aromatic amines is 1. The molecule has 6 aromatic rings. The van der Waals surface area contributed by atoms with Gasteiger partial charge in [-0.3, -0.25) is 4.79 Å². The van der Waals surface area contributed by atoms with E-state index in [0.717, 1.165) is 33.9 Å². The van der Waals surface area contributed by atoms with Crippen molar-refractivity contribution >= 4 is 39.1 Å². The molecular formula is C27H21N5O2. The van der Waals surface area contributed by atoms with E-state index in [9.17, 15) is 4.79 Å². The molecule has 0 fully saturated rings. The lowest BCUT2D eigenvalue weighted by Crippen LogP contribution is -2.17. The molecule has 6 rings (SSSR count). The average molecular weight is 447 g/mol. The molecule has 0 amide bonds. The number of para-hydroxylation sites is 1. The number of nitrogens with one attached hydrogen (secondary N) is 1. The molecule has 0 unspecified atom stereocenters. The fourth-order valence-electron chi connectivity index (χ4n) is 4.35. The average Bonchev–Trinajstić information content (AvgIpc) is 3.43. The van der Waals surface area contributed by atoms with E-state index < -0.39 is 0 Å². The van der Waals surface area contributed by atoms with Gasteiger partial charge in [0.1, 0.15) is 23.1 Å². The van der Waals surface area contributed by atoms with Gasteiger partial charge in [-0.1, -0.05) is 48.5 Å². The normalized spacial score (nSPS) is 11.8. The molecule has 0 bridgehead atoms. The lowest BCUT2D eigenvalue weighted by Gasteiger charge is -2.05. The van der Waals surface area contributed by atoms with E-state index in [2.05, 4.69) is 50.1 Å². The van der Waals surface area contributed by atoms with Gasteiger partial charge in [-0.05, 0) is 29.8 Å². The summed E-state index contributed by atoms with van der Waals surface area (Å²) >= 11 is 0. The zero-order valence-corrected chi connectivity index (χ0v) is 18.5. The minimum Gasteiger partial charge on any atom is -0.497 e. The molecule has 0 saturated heterocycles. The number of benzene rings is 3. The molecule has 0 saturated carbocycles. The summed E-state index contributed by atoms with van der Waals surface area (Å²) in [5.74, 6) is 0.712. The maximum atomic E-state index is 13.1. The number of hydrogen-bond donors (Lipinski definition) is 1. The van der Waals surface area contributed by atoms with Crippen molar-refractivity contribution in [2.75, 3.05) is 7.11 Å². The zero-order valence-electron chi connectivity index (χ0n) is 18.5. The summed E-state index contributed by atoms with van der Waals surface area (Å²) in [5.41, 5.74) is 4.83. The van der Waals surface area contributed by atoms with Crippen molar-refractivity contribution in [1.82, 2.24) is 19.2 Å².